The lowest BCUT2D eigenvalue weighted by atomic mass is 10.1. The van der Waals surface area contributed by atoms with Crippen molar-refractivity contribution in [2.24, 2.45) is 0 Å². The van der Waals surface area contributed by atoms with Crippen LogP contribution in [0.2, 0.25) is 0 Å². The molecule has 8 nitrogen and oxygen atoms in total. The summed E-state index contributed by atoms with van der Waals surface area (Å²) in [6.07, 6.45) is 0.437. The molecule has 106 valence electrons. The number of ether oxygens (including phenoxy) is 2. The van der Waals surface area contributed by atoms with Crippen molar-refractivity contribution in [1.82, 2.24) is 0 Å². The van der Waals surface area contributed by atoms with E-state index in [9.17, 15) is 10.1 Å². The van der Waals surface area contributed by atoms with Crippen LogP contribution < -0.4 is 14.8 Å². The summed E-state index contributed by atoms with van der Waals surface area (Å²) in [5.74, 6) is 0.399. The van der Waals surface area contributed by atoms with Gasteiger partial charge >= 0.3 is 0 Å². The zero-order valence-corrected chi connectivity index (χ0v) is 10.6. The number of fused-ring (bicyclic) bond motifs is 1. The van der Waals surface area contributed by atoms with Crippen LogP contribution in [0.3, 0.4) is 0 Å². The summed E-state index contributed by atoms with van der Waals surface area (Å²) in [5, 5.41) is 31.8. The number of nitriles is 1. The van der Waals surface area contributed by atoms with Crippen molar-refractivity contribution in [3.8, 4) is 17.6 Å². The molecular formula is C12H13N3O5. The molecule has 2 rings (SSSR count). The van der Waals surface area contributed by atoms with Crippen molar-refractivity contribution < 1.29 is 19.5 Å². The molecule has 0 fully saturated rings. The monoisotopic (exact) mass is 279 g/mol. The number of nitro benzene ring substituents is 1. The van der Waals surface area contributed by atoms with Crippen molar-refractivity contribution in [1.29, 1.82) is 5.26 Å². The van der Waals surface area contributed by atoms with E-state index in [-0.39, 0.29) is 48.3 Å². The Morgan fingerprint density at radius 2 is 2.15 bits per heavy atom. The van der Waals surface area contributed by atoms with Crippen LogP contribution in [-0.2, 0) is 0 Å². The molecule has 0 radical (unpaired) electrons. The minimum absolute atomic E-state index is 0.0311. The number of nitrogens with one attached hydrogen (secondary N) is 1. The molecule has 0 aromatic heterocycles. The average Bonchev–Trinajstić information content (AvgIpc) is 2.47. The maximum absolute atomic E-state index is 11.1. The molecule has 1 aromatic carbocycles. The number of rotatable bonds is 5. The Labute approximate surface area is 114 Å². The summed E-state index contributed by atoms with van der Waals surface area (Å²) in [5.41, 5.74) is -0.00000186. The number of aliphatic hydroxyl groups excluding tert-OH is 1. The van der Waals surface area contributed by atoms with E-state index in [1.165, 1.54) is 0 Å². The van der Waals surface area contributed by atoms with Gasteiger partial charge < -0.3 is 19.9 Å². The second-order valence-corrected chi connectivity index (χ2v) is 4.05. The first kappa shape index (κ1) is 13.9. The van der Waals surface area contributed by atoms with Crippen LogP contribution in [0.25, 0.3) is 0 Å². The molecule has 1 aliphatic rings. The van der Waals surface area contributed by atoms with Crippen LogP contribution in [-0.4, -0.2) is 36.4 Å². The Morgan fingerprint density at radius 1 is 1.45 bits per heavy atom. The molecular weight excluding hydrogens is 266 g/mol. The number of nitrogens with zero attached hydrogens (tertiary/aromatic N) is 2. The number of anilines is 1. The zero-order chi connectivity index (χ0) is 14.5. The average molecular weight is 279 g/mol. The third-order valence-electron chi connectivity index (χ3n) is 2.75. The smallest absolute Gasteiger partial charge is 0.297 e. The van der Waals surface area contributed by atoms with Gasteiger partial charge in [-0.3, -0.25) is 10.1 Å². The Balaban J connectivity index is 2.50. The van der Waals surface area contributed by atoms with Crippen LogP contribution in [0, 0.1) is 21.4 Å². The fourth-order valence-corrected chi connectivity index (χ4v) is 1.89. The fourth-order valence-electron chi connectivity index (χ4n) is 1.89. The summed E-state index contributed by atoms with van der Waals surface area (Å²) in [7, 11) is 0. The molecule has 0 spiro atoms. The van der Waals surface area contributed by atoms with E-state index in [0.29, 0.717) is 13.0 Å². The van der Waals surface area contributed by atoms with Crippen LogP contribution >= 0.6 is 0 Å². The first-order valence-corrected chi connectivity index (χ1v) is 6.05. The van der Waals surface area contributed by atoms with Crippen molar-refractivity contribution in [2.75, 3.05) is 31.7 Å². The van der Waals surface area contributed by atoms with Gasteiger partial charge in [-0.05, 0) is 6.42 Å². The maximum Gasteiger partial charge on any atom is 0.297 e. The molecule has 0 saturated heterocycles. The van der Waals surface area contributed by atoms with Crippen LogP contribution in [0.4, 0.5) is 11.4 Å². The Bertz CT molecular complexity index is 567. The van der Waals surface area contributed by atoms with Gasteiger partial charge in [0.2, 0.25) is 0 Å². The lowest BCUT2D eigenvalue weighted by Crippen LogP contribution is -2.19. The second kappa shape index (κ2) is 6.08. The molecule has 0 saturated carbocycles. The molecule has 0 amide bonds. The summed E-state index contributed by atoms with van der Waals surface area (Å²) in [6.45, 7) is 0.860. The van der Waals surface area contributed by atoms with Crippen molar-refractivity contribution >= 4 is 11.4 Å². The normalized spacial score (nSPS) is 12.6. The molecule has 2 N–H and O–H groups in total. The minimum Gasteiger partial charge on any atom is -0.485 e. The Kier molecular flexibility index (Phi) is 4.22. The van der Waals surface area contributed by atoms with Crippen LogP contribution in [0.1, 0.15) is 12.0 Å². The van der Waals surface area contributed by atoms with E-state index in [1.54, 1.807) is 0 Å². The summed E-state index contributed by atoms with van der Waals surface area (Å²) in [6, 6.07) is 3.03. The molecule has 1 heterocycles. The molecule has 0 bridgehead atoms. The molecule has 0 unspecified atom stereocenters. The molecule has 1 aliphatic heterocycles. The molecule has 0 atom stereocenters. The minimum atomic E-state index is -0.583. The SMILES string of the molecule is N#Cc1cc([N+](=O)[O-])c(NCCCO)c2c1OCCO2. The van der Waals surface area contributed by atoms with E-state index in [4.69, 9.17) is 19.8 Å². The third-order valence-corrected chi connectivity index (χ3v) is 2.75. The Morgan fingerprint density at radius 3 is 2.75 bits per heavy atom. The highest BCUT2D eigenvalue weighted by molar-refractivity contribution is 5.78. The molecule has 1 aromatic rings. The Hall–Kier alpha value is -2.53. The van der Waals surface area contributed by atoms with Gasteiger partial charge in [0.1, 0.15) is 24.8 Å². The number of hydrogen-bond acceptors (Lipinski definition) is 7. The van der Waals surface area contributed by atoms with E-state index in [1.807, 2.05) is 6.07 Å². The van der Waals surface area contributed by atoms with E-state index >= 15 is 0 Å². The quantitative estimate of drug-likeness (QED) is 0.469. The summed E-state index contributed by atoms with van der Waals surface area (Å²) < 4.78 is 10.8. The van der Waals surface area contributed by atoms with Gasteiger partial charge in [0.25, 0.3) is 5.69 Å². The number of nitro groups is 1. The van der Waals surface area contributed by atoms with E-state index < -0.39 is 4.92 Å². The summed E-state index contributed by atoms with van der Waals surface area (Å²) >= 11 is 0. The predicted octanol–water partition coefficient (Wildman–Crippen LogP) is 1.03. The van der Waals surface area contributed by atoms with Gasteiger partial charge in [-0.15, -0.1) is 0 Å². The van der Waals surface area contributed by atoms with Crippen molar-refractivity contribution in [2.45, 2.75) is 6.42 Å². The van der Waals surface area contributed by atoms with Gasteiger partial charge in [-0.25, -0.2) is 0 Å². The number of benzene rings is 1. The maximum atomic E-state index is 11.1. The van der Waals surface area contributed by atoms with Gasteiger partial charge in [0.05, 0.1) is 4.92 Å². The molecule has 20 heavy (non-hydrogen) atoms. The first-order chi connectivity index (χ1) is 9.69. The lowest BCUT2D eigenvalue weighted by Gasteiger charge is -2.22. The third kappa shape index (κ3) is 2.57. The zero-order valence-electron chi connectivity index (χ0n) is 10.6. The van der Waals surface area contributed by atoms with Gasteiger partial charge in [-0.2, -0.15) is 5.26 Å². The van der Waals surface area contributed by atoms with Gasteiger partial charge in [0.15, 0.2) is 17.2 Å². The van der Waals surface area contributed by atoms with E-state index in [0.717, 1.165) is 6.07 Å². The topological polar surface area (TPSA) is 118 Å². The van der Waals surface area contributed by atoms with Gasteiger partial charge in [-0.1, -0.05) is 0 Å². The highest BCUT2D eigenvalue weighted by atomic mass is 16.6. The van der Waals surface area contributed by atoms with Crippen molar-refractivity contribution in [3.05, 3.63) is 21.7 Å². The highest BCUT2D eigenvalue weighted by Gasteiger charge is 2.29. The molecule has 8 heteroatoms. The summed E-state index contributed by atoms with van der Waals surface area (Å²) in [4.78, 5) is 10.5. The fraction of sp³-hybridized carbons (Fsp3) is 0.417. The first-order valence-electron chi connectivity index (χ1n) is 6.05. The highest BCUT2D eigenvalue weighted by Crippen LogP contribution is 2.45. The lowest BCUT2D eigenvalue weighted by molar-refractivity contribution is -0.384. The van der Waals surface area contributed by atoms with Gasteiger partial charge in [0, 0.05) is 19.2 Å². The predicted molar refractivity (Wildman–Crippen MR) is 69.0 cm³/mol. The standard InChI is InChI=1S/C12H13N3O5/c13-7-8-6-9(15(17)18)10(14-2-1-3-16)12-11(8)19-4-5-20-12/h6,14,16H,1-5H2. The largest absolute Gasteiger partial charge is 0.485 e. The van der Waals surface area contributed by atoms with Crippen LogP contribution in [0.5, 0.6) is 11.5 Å². The van der Waals surface area contributed by atoms with Crippen LogP contribution in [0.15, 0.2) is 6.07 Å². The number of hydrogen-bond donors (Lipinski definition) is 2. The van der Waals surface area contributed by atoms with Crippen molar-refractivity contribution in [3.63, 3.8) is 0 Å². The molecule has 0 aliphatic carbocycles. The number of aliphatic hydroxyl groups is 1. The van der Waals surface area contributed by atoms with E-state index in [2.05, 4.69) is 5.32 Å². The second-order valence-electron chi connectivity index (χ2n) is 4.05.